The van der Waals surface area contributed by atoms with E-state index in [4.69, 9.17) is 13.6 Å². The fraction of sp³-hybridized carbons (Fsp3) is 0.222. The molecule has 4 nitrogen and oxygen atoms in total. The van der Waals surface area contributed by atoms with Crippen molar-refractivity contribution in [3.8, 4) is 11.3 Å². The summed E-state index contributed by atoms with van der Waals surface area (Å²) in [5.41, 5.74) is 0.921. The van der Waals surface area contributed by atoms with Gasteiger partial charge in [-0.1, -0.05) is 0 Å². The second-order valence-corrected chi connectivity index (χ2v) is 2.64. The maximum atomic E-state index is 11.2. The molecule has 0 radical (unpaired) electrons. The lowest BCUT2D eigenvalue weighted by atomic mass is 10.1. The van der Waals surface area contributed by atoms with Gasteiger partial charge in [0.2, 0.25) is 0 Å². The number of furan rings is 1. The van der Waals surface area contributed by atoms with E-state index in [1.165, 1.54) is 19.6 Å². The van der Waals surface area contributed by atoms with Gasteiger partial charge < -0.3 is 13.6 Å². The molecule has 0 atom stereocenters. The van der Waals surface area contributed by atoms with Crippen LogP contribution in [-0.4, -0.2) is 7.11 Å². The van der Waals surface area contributed by atoms with Gasteiger partial charge in [-0.25, -0.2) is 4.79 Å². The molecule has 0 N–H and O–H groups in total. The number of rotatable bonds is 2. The highest BCUT2D eigenvalue weighted by molar-refractivity contribution is 5.61. The van der Waals surface area contributed by atoms with Crippen molar-refractivity contribution in [2.75, 3.05) is 7.11 Å². The molecule has 0 aromatic heterocycles. The van der Waals surface area contributed by atoms with E-state index < -0.39 is 0 Å². The minimum Gasteiger partial charge on any atom is -0.469 e. The second kappa shape index (κ2) is 3.06. The van der Waals surface area contributed by atoms with Gasteiger partial charge >= 0.3 is 5.63 Å². The summed E-state index contributed by atoms with van der Waals surface area (Å²) >= 11 is 0. The first-order valence-electron chi connectivity index (χ1n) is 3.79. The lowest BCUT2D eigenvalue weighted by molar-refractivity contribution is 0.183. The summed E-state index contributed by atoms with van der Waals surface area (Å²) in [6.07, 6.45) is 2.90. The van der Waals surface area contributed by atoms with Crippen LogP contribution in [0, 0.1) is 0 Å². The normalized spacial score (nSPS) is 10.8. The first-order valence-corrected chi connectivity index (χ1v) is 3.79. The molecule has 0 aliphatic carbocycles. The van der Waals surface area contributed by atoms with E-state index in [1.54, 1.807) is 6.07 Å². The smallest absolute Gasteiger partial charge is 0.342 e. The average molecular weight is 180 g/mol. The Kier molecular flexibility index (Phi) is 1.90. The summed E-state index contributed by atoms with van der Waals surface area (Å²) in [4.78, 5) is 11.2. The zero-order chi connectivity index (χ0) is 9.26. The number of fused-ring (bicyclic) bond motifs is 1. The third kappa shape index (κ3) is 1.25. The van der Waals surface area contributed by atoms with Crippen molar-refractivity contribution in [1.82, 2.24) is 0 Å². The predicted molar refractivity (Wildman–Crippen MR) is 44.6 cm³/mol. The minimum atomic E-state index is -0.363. The maximum absolute atomic E-state index is 11.2. The van der Waals surface area contributed by atoms with Gasteiger partial charge in [0.15, 0.2) is 5.76 Å². The highest BCUT2D eigenvalue weighted by atomic mass is 16.5. The van der Waals surface area contributed by atoms with Gasteiger partial charge in [0.05, 0.1) is 18.4 Å². The van der Waals surface area contributed by atoms with Crippen molar-refractivity contribution in [3.05, 3.63) is 34.6 Å². The summed E-state index contributed by atoms with van der Waals surface area (Å²) in [6, 6.07) is 1.69. The first kappa shape index (κ1) is 8.07. The molecular weight excluding hydrogens is 172 g/mol. The van der Waals surface area contributed by atoms with E-state index in [9.17, 15) is 4.79 Å². The van der Waals surface area contributed by atoms with E-state index >= 15 is 0 Å². The van der Waals surface area contributed by atoms with Crippen molar-refractivity contribution >= 4 is 0 Å². The third-order valence-corrected chi connectivity index (χ3v) is 1.82. The van der Waals surface area contributed by atoms with Crippen LogP contribution in [0.3, 0.4) is 0 Å². The largest absolute Gasteiger partial charge is 0.469 e. The van der Waals surface area contributed by atoms with E-state index in [0.29, 0.717) is 11.3 Å². The van der Waals surface area contributed by atoms with Gasteiger partial charge in [-0.05, 0) is 6.07 Å². The van der Waals surface area contributed by atoms with Crippen LogP contribution in [0.4, 0.5) is 0 Å². The number of hydrogen-bond donors (Lipinski definition) is 0. The predicted octanol–water partition coefficient (Wildman–Crippen LogP) is 1.48. The zero-order valence-corrected chi connectivity index (χ0v) is 7.07. The monoisotopic (exact) mass is 180 g/mol. The number of ether oxygens (including phenoxy) is 1. The lowest BCUT2D eigenvalue weighted by Crippen LogP contribution is -2.02. The first-order chi connectivity index (χ1) is 6.33. The van der Waals surface area contributed by atoms with Gasteiger partial charge in [-0.3, -0.25) is 0 Å². The molecule has 2 heterocycles. The molecule has 13 heavy (non-hydrogen) atoms. The molecule has 0 bridgehead atoms. The molecule has 0 spiro atoms. The Morgan fingerprint density at radius 2 is 2.38 bits per heavy atom. The van der Waals surface area contributed by atoms with Gasteiger partial charge in [0.1, 0.15) is 6.26 Å². The third-order valence-electron chi connectivity index (χ3n) is 1.82. The molecule has 0 unspecified atom stereocenters. The minimum absolute atomic E-state index is 0.260. The molecule has 2 aliphatic heterocycles. The van der Waals surface area contributed by atoms with Gasteiger partial charge in [0.25, 0.3) is 0 Å². The molecule has 2 aliphatic rings. The van der Waals surface area contributed by atoms with Crippen LogP contribution in [-0.2, 0) is 11.3 Å². The fourth-order valence-electron chi connectivity index (χ4n) is 1.23. The van der Waals surface area contributed by atoms with Crippen LogP contribution in [0.25, 0.3) is 11.3 Å². The van der Waals surface area contributed by atoms with Crippen molar-refractivity contribution < 1.29 is 13.6 Å². The molecule has 0 saturated heterocycles. The number of methoxy groups -OCH3 is 1. The van der Waals surface area contributed by atoms with Crippen molar-refractivity contribution in [2.24, 2.45) is 0 Å². The van der Waals surface area contributed by atoms with Crippen LogP contribution >= 0.6 is 0 Å². The van der Waals surface area contributed by atoms with Gasteiger partial charge in [-0.15, -0.1) is 0 Å². The van der Waals surface area contributed by atoms with E-state index in [1.807, 2.05) is 0 Å². The number of hydrogen-bond acceptors (Lipinski definition) is 4. The zero-order valence-electron chi connectivity index (χ0n) is 7.07. The highest BCUT2D eigenvalue weighted by Gasteiger charge is 2.16. The van der Waals surface area contributed by atoms with Crippen LogP contribution in [0.5, 0.6) is 0 Å². The Morgan fingerprint density at radius 3 is 3.15 bits per heavy atom. The molecule has 0 aromatic carbocycles. The Labute approximate surface area is 74.1 Å². The average Bonchev–Trinajstić information content (AvgIpc) is 2.44. The van der Waals surface area contributed by atoms with Crippen molar-refractivity contribution in [2.45, 2.75) is 6.61 Å². The Hall–Kier alpha value is -1.55. The Bertz CT molecular complexity index is 426. The van der Waals surface area contributed by atoms with Crippen molar-refractivity contribution in [3.63, 3.8) is 0 Å². The topological polar surface area (TPSA) is 52.6 Å². The summed E-state index contributed by atoms with van der Waals surface area (Å²) < 4.78 is 14.7. The Balaban J connectivity index is 2.63. The van der Waals surface area contributed by atoms with Crippen LogP contribution in [0.2, 0.25) is 0 Å². The molecule has 0 fully saturated rings. The standard InChI is InChI=1S/C9H8O4/c1-11-4-7-6-2-3-12-5-8(6)13-9(7)10/h2-3,5H,4H2,1H3. The summed E-state index contributed by atoms with van der Waals surface area (Å²) in [5.74, 6) is 0.458. The molecule has 68 valence electrons. The van der Waals surface area contributed by atoms with Gasteiger partial charge in [-0.2, -0.15) is 0 Å². The van der Waals surface area contributed by atoms with Crippen molar-refractivity contribution in [1.29, 1.82) is 0 Å². The second-order valence-electron chi connectivity index (χ2n) is 2.64. The molecule has 4 heteroatoms. The molecular formula is C9H8O4. The van der Waals surface area contributed by atoms with Crippen LogP contribution in [0.1, 0.15) is 5.56 Å². The maximum Gasteiger partial charge on any atom is 0.342 e. The molecule has 0 aromatic rings. The van der Waals surface area contributed by atoms with Crippen LogP contribution in [0.15, 0.2) is 32.2 Å². The molecule has 2 rings (SSSR count). The summed E-state index contributed by atoms with van der Waals surface area (Å²) in [7, 11) is 1.53. The van der Waals surface area contributed by atoms with E-state index in [-0.39, 0.29) is 12.2 Å². The summed E-state index contributed by atoms with van der Waals surface area (Å²) in [6.45, 7) is 0.260. The highest BCUT2D eigenvalue weighted by Crippen LogP contribution is 2.23. The summed E-state index contributed by atoms with van der Waals surface area (Å²) in [5, 5.41) is 0. The molecule has 0 amide bonds. The van der Waals surface area contributed by atoms with Gasteiger partial charge in [0, 0.05) is 12.7 Å². The lowest BCUT2D eigenvalue weighted by Gasteiger charge is -1.96. The fourth-order valence-corrected chi connectivity index (χ4v) is 1.23. The van der Waals surface area contributed by atoms with E-state index in [0.717, 1.165) is 5.56 Å². The Morgan fingerprint density at radius 1 is 1.54 bits per heavy atom. The van der Waals surface area contributed by atoms with Crippen LogP contribution < -0.4 is 5.63 Å². The van der Waals surface area contributed by atoms with E-state index in [2.05, 4.69) is 0 Å². The SMILES string of the molecule is COCc1c2ccocc-2oc1=O. The molecule has 0 saturated carbocycles. The quantitative estimate of drug-likeness (QED) is 0.702.